The van der Waals surface area contributed by atoms with Crippen LogP contribution < -0.4 is 20.9 Å². The summed E-state index contributed by atoms with van der Waals surface area (Å²) < 4.78 is 11.2. The smallest absolute Gasteiger partial charge is 0.526 e. The maximum atomic E-state index is 13.3. The van der Waals surface area contributed by atoms with E-state index in [2.05, 4.69) is 15.1 Å². The van der Waals surface area contributed by atoms with Gasteiger partial charge in [0.25, 0.3) is 0 Å². The molecule has 0 fully saturated rings. The van der Waals surface area contributed by atoms with E-state index in [4.69, 9.17) is 25.7 Å². The molecule has 214 valence electrons. The molecule has 0 saturated heterocycles. The molecule has 4 rings (SSSR count). The molecule has 0 radical (unpaired) electrons. The number of carbonyl (C=O) groups excluding carboxylic acids is 1. The van der Waals surface area contributed by atoms with Crippen LogP contribution >= 0.6 is 11.3 Å². The number of oxime groups is 1. The first-order valence-corrected chi connectivity index (χ1v) is 13.8. The zero-order valence-corrected chi connectivity index (χ0v) is 23.2. The number of aromatic carboxylic acids is 1. The Morgan fingerprint density at radius 3 is 2.68 bits per heavy atom. The molecule has 1 atom stereocenters. The highest BCUT2D eigenvalue weighted by Crippen LogP contribution is 2.36. The number of carboxylic acids is 1. The van der Waals surface area contributed by atoms with Crippen LogP contribution in [0.4, 0.5) is 5.13 Å². The Morgan fingerprint density at radius 1 is 1.22 bits per heavy atom. The molecule has 2 heterocycles. The SMILES string of the molecule is CCCN=C(N)c1ccc(OCCO/N=C(\C(=O)C[C@H]2Cc3cccc(C(=O)O)c3OB2O)c2csc(N)n2)cc1. The van der Waals surface area contributed by atoms with Crippen molar-refractivity contribution < 1.29 is 33.9 Å². The first-order valence-electron chi connectivity index (χ1n) is 12.9. The van der Waals surface area contributed by atoms with Gasteiger partial charge in [-0.3, -0.25) is 9.79 Å². The number of hydrogen-bond donors (Lipinski definition) is 4. The number of aliphatic imine (C=N–C) groups is 1. The number of carbonyl (C=O) groups is 2. The fourth-order valence-corrected chi connectivity index (χ4v) is 4.70. The third kappa shape index (κ3) is 7.61. The number of hydrogen-bond acceptors (Lipinski definition) is 11. The van der Waals surface area contributed by atoms with Crippen LogP contribution in [0.2, 0.25) is 5.82 Å². The molecule has 0 amide bonds. The molecule has 0 unspecified atom stereocenters. The summed E-state index contributed by atoms with van der Waals surface area (Å²) in [6.45, 7) is 2.88. The van der Waals surface area contributed by atoms with Gasteiger partial charge >= 0.3 is 13.1 Å². The van der Waals surface area contributed by atoms with Crippen molar-refractivity contribution in [3.05, 3.63) is 70.2 Å². The number of ketones is 1. The summed E-state index contributed by atoms with van der Waals surface area (Å²) in [7, 11) is -1.39. The van der Waals surface area contributed by atoms with Gasteiger partial charge in [0, 0.05) is 29.7 Å². The number of Topliss-reactive ketones (excluding diaryl/α,β-unsaturated/α-hetero) is 1. The first-order chi connectivity index (χ1) is 19.8. The van der Waals surface area contributed by atoms with Crippen LogP contribution in [0.25, 0.3) is 0 Å². The summed E-state index contributed by atoms with van der Waals surface area (Å²) in [4.78, 5) is 38.6. The van der Waals surface area contributed by atoms with E-state index in [1.54, 1.807) is 29.6 Å². The second kappa shape index (κ2) is 13.8. The largest absolute Gasteiger partial charge is 0.535 e. The Hall–Kier alpha value is -4.43. The average molecular weight is 579 g/mol. The highest BCUT2D eigenvalue weighted by Gasteiger charge is 2.39. The van der Waals surface area contributed by atoms with E-state index in [0.29, 0.717) is 23.7 Å². The van der Waals surface area contributed by atoms with Crippen molar-refractivity contribution in [3.8, 4) is 11.5 Å². The van der Waals surface area contributed by atoms with Crippen LogP contribution in [-0.2, 0) is 16.1 Å². The standard InChI is InChI=1S/C27H30BN5O7S/c1-2-10-31-25(29)16-6-8-19(9-7-16)38-11-12-39-33-23(21-15-41-27(30)32-21)22(34)14-18-13-17-4-3-5-20(26(35)36)24(17)40-28(18)37/h3-9,15,18,37H,2,10-14H2,1H3,(H2,29,31)(H2,30,32)(H,35,36)/b33-23-/t18-/m1/s1. The van der Waals surface area contributed by atoms with Crippen LogP contribution in [0.1, 0.15) is 46.9 Å². The van der Waals surface area contributed by atoms with Crippen molar-refractivity contribution in [1.29, 1.82) is 0 Å². The van der Waals surface area contributed by atoms with Crippen molar-refractivity contribution >= 4 is 46.9 Å². The van der Waals surface area contributed by atoms with E-state index in [-0.39, 0.29) is 53.9 Å². The summed E-state index contributed by atoms with van der Waals surface area (Å²) in [5, 5.41) is 25.8. The third-order valence-electron chi connectivity index (χ3n) is 6.18. The van der Waals surface area contributed by atoms with Gasteiger partial charge < -0.3 is 35.8 Å². The molecule has 0 bridgehead atoms. The number of benzene rings is 2. The number of amidine groups is 1. The normalized spacial score (nSPS) is 15.2. The fraction of sp³-hybridized carbons (Fsp3) is 0.296. The fourth-order valence-electron chi connectivity index (χ4n) is 4.15. The molecule has 0 spiro atoms. The molecule has 0 saturated carbocycles. The highest BCUT2D eigenvalue weighted by molar-refractivity contribution is 7.13. The van der Waals surface area contributed by atoms with E-state index >= 15 is 0 Å². The van der Waals surface area contributed by atoms with E-state index in [1.807, 2.05) is 19.1 Å². The van der Waals surface area contributed by atoms with E-state index in [0.717, 1.165) is 23.3 Å². The van der Waals surface area contributed by atoms with Gasteiger partial charge in [-0.15, -0.1) is 11.3 Å². The quantitative estimate of drug-likeness (QED) is 0.0770. The second-order valence-electron chi connectivity index (χ2n) is 9.18. The van der Waals surface area contributed by atoms with Gasteiger partial charge in [0.05, 0.1) is 5.56 Å². The lowest BCUT2D eigenvalue weighted by molar-refractivity contribution is -0.113. The van der Waals surface area contributed by atoms with Crippen LogP contribution in [0.5, 0.6) is 11.5 Å². The van der Waals surface area contributed by atoms with Gasteiger partial charge in [-0.05, 0) is 48.7 Å². The lowest BCUT2D eigenvalue weighted by Gasteiger charge is -2.28. The van der Waals surface area contributed by atoms with Gasteiger partial charge in [0.2, 0.25) is 0 Å². The Bertz CT molecular complexity index is 1440. The minimum Gasteiger partial charge on any atom is -0.535 e. The molecular weight excluding hydrogens is 549 g/mol. The second-order valence-corrected chi connectivity index (χ2v) is 10.1. The molecular formula is C27H30BN5O7S. The molecule has 1 aromatic heterocycles. The van der Waals surface area contributed by atoms with E-state index < -0.39 is 24.7 Å². The van der Waals surface area contributed by atoms with E-state index in [1.165, 1.54) is 6.07 Å². The lowest BCUT2D eigenvalue weighted by atomic mass is 9.64. The molecule has 1 aliphatic rings. The molecule has 41 heavy (non-hydrogen) atoms. The monoisotopic (exact) mass is 579 g/mol. The van der Waals surface area contributed by atoms with Crippen molar-refractivity contribution in [3.63, 3.8) is 0 Å². The number of ether oxygens (including phenoxy) is 1. The Kier molecular flexibility index (Phi) is 9.93. The zero-order chi connectivity index (χ0) is 29.4. The third-order valence-corrected chi connectivity index (χ3v) is 6.86. The van der Waals surface area contributed by atoms with Crippen molar-refractivity contribution in [2.24, 2.45) is 15.9 Å². The number of carboxylic acid groups (broad SMARTS) is 1. The molecule has 14 heteroatoms. The average Bonchev–Trinajstić information content (AvgIpc) is 3.39. The Labute approximate surface area is 240 Å². The van der Waals surface area contributed by atoms with Gasteiger partial charge in [-0.25, -0.2) is 9.78 Å². The lowest BCUT2D eigenvalue weighted by Crippen LogP contribution is -2.37. The molecule has 6 N–H and O–H groups in total. The number of nitrogen functional groups attached to an aromatic ring is 1. The van der Waals surface area contributed by atoms with Crippen molar-refractivity contribution in [1.82, 2.24) is 4.98 Å². The van der Waals surface area contributed by atoms with Crippen LogP contribution in [0.15, 0.2) is 58.0 Å². The number of aromatic nitrogens is 1. The van der Waals surface area contributed by atoms with Crippen LogP contribution in [-0.4, -0.2) is 65.3 Å². The van der Waals surface area contributed by atoms with Gasteiger partial charge in [-0.2, -0.15) is 0 Å². The minimum absolute atomic E-state index is 0.0404. The van der Waals surface area contributed by atoms with E-state index in [9.17, 15) is 19.7 Å². The predicted molar refractivity (Wildman–Crippen MR) is 156 cm³/mol. The van der Waals surface area contributed by atoms with Crippen LogP contribution in [0, 0.1) is 0 Å². The Balaban J connectivity index is 1.37. The summed E-state index contributed by atoms with van der Waals surface area (Å²) in [5.41, 5.74) is 13.3. The number of thiazole rings is 1. The number of anilines is 1. The Morgan fingerprint density at radius 2 is 2.00 bits per heavy atom. The minimum atomic E-state index is -1.39. The summed E-state index contributed by atoms with van der Waals surface area (Å²) in [6, 6.07) is 11.9. The topological polar surface area (TPSA) is 192 Å². The van der Waals surface area contributed by atoms with Gasteiger partial charge in [0.15, 0.2) is 23.2 Å². The number of fused-ring (bicyclic) bond motifs is 1. The summed E-state index contributed by atoms with van der Waals surface area (Å²) >= 11 is 1.15. The summed E-state index contributed by atoms with van der Waals surface area (Å²) in [5.74, 6) is -1.09. The maximum absolute atomic E-state index is 13.3. The number of para-hydroxylation sites is 1. The van der Waals surface area contributed by atoms with Crippen molar-refractivity contribution in [2.45, 2.75) is 32.0 Å². The molecule has 12 nitrogen and oxygen atoms in total. The van der Waals surface area contributed by atoms with Gasteiger partial charge in [-0.1, -0.05) is 24.2 Å². The van der Waals surface area contributed by atoms with Crippen LogP contribution in [0.3, 0.4) is 0 Å². The zero-order valence-electron chi connectivity index (χ0n) is 22.4. The number of nitrogens with two attached hydrogens (primary N) is 2. The predicted octanol–water partition coefficient (Wildman–Crippen LogP) is 2.78. The number of nitrogens with zero attached hydrogens (tertiary/aromatic N) is 3. The number of rotatable bonds is 13. The molecule has 3 aromatic rings. The molecule has 2 aromatic carbocycles. The first kappa shape index (κ1) is 29.6. The van der Waals surface area contributed by atoms with Crippen molar-refractivity contribution in [2.75, 3.05) is 25.5 Å². The molecule has 0 aliphatic carbocycles. The molecule has 1 aliphatic heterocycles. The maximum Gasteiger partial charge on any atom is 0.526 e. The highest BCUT2D eigenvalue weighted by atomic mass is 32.1. The van der Waals surface area contributed by atoms with Gasteiger partial charge in [0.1, 0.15) is 29.6 Å². The summed E-state index contributed by atoms with van der Waals surface area (Å²) in [6.07, 6.45) is 0.999.